The van der Waals surface area contributed by atoms with Crippen LogP contribution in [0, 0.1) is 5.82 Å². The maximum Gasteiger partial charge on any atom is 0.142 e. The summed E-state index contributed by atoms with van der Waals surface area (Å²) in [5.41, 5.74) is 0.622. The lowest BCUT2D eigenvalue weighted by Crippen LogP contribution is -2.37. The summed E-state index contributed by atoms with van der Waals surface area (Å²) in [4.78, 5) is 1.14. The summed E-state index contributed by atoms with van der Waals surface area (Å²) >= 11 is 4.99. The molecule has 2 aromatic carbocycles. The lowest BCUT2D eigenvalue weighted by molar-refractivity contribution is 0.169. The molecular formula is C16H15BrFNOS. The molecule has 1 aliphatic heterocycles. The molecule has 0 bridgehead atoms. The molecule has 2 unspecified atom stereocenters. The molecule has 1 N–H and O–H groups in total. The second-order valence-electron chi connectivity index (χ2n) is 4.82. The fourth-order valence-electron chi connectivity index (χ4n) is 2.50. The summed E-state index contributed by atoms with van der Waals surface area (Å²) in [7, 11) is 1.83. The van der Waals surface area contributed by atoms with Crippen molar-refractivity contribution in [2.45, 2.75) is 17.0 Å². The summed E-state index contributed by atoms with van der Waals surface area (Å²) in [6.45, 7) is 0. The Kier molecular flexibility index (Phi) is 4.52. The van der Waals surface area contributed by atoms with Gasteiger partial charge in [0.25, 0.3) is 0 Å². The highest BCUT2D eigenvalue weighted by Gasteiger charge is 2.30. The molecule has 2 aromatic rings. The van der Waals surface area contributed by atoms with E-state index in [0.717, 1.165) is 16.4 Å². The highest BCUT2D eigenvalue weighted by Crippen LogP contribution is 2.39. The highest BCUT2D eigenvalue weighted by molar-refractivity contribution is 9.10. The van der Waals surface area contributed by atoms with Crippen LogP contribution in [0.25, 0.3) is 0 Å². The van der Waals surface area contributed by atoms with Crippen LogP contribution in [0.15, 0.2) is 51.8 Å². The molecule has 2 atom stereocenters. The molecule has 1 aliphatic rings. The van der Waals surface area contributed by atoms with Gasteiger partial charge in [0.15, 0.2) is 0 Å². The third-order valence-electron chi connectivity index (χ3n) is 3.53. The first kappa shape index (κ1) is 14.9. The van der Waals surface area contributed by atoms with Crippen LogP contribution in [0.1, 0.15) is 11.6 Å². The lowest BCUT2D eigenvalue weighted by Gasteiger charge is -2.32. The summed E-state index contributed by atoms with van der Waals surface area (Å²) in [5, 5.41) is 3.19. The van der Waals surface area contributed by atoms with Gasteiger partial charge in [-0.15, -0.1) is 11.8 Å². The first-order valence-electron chi connectivity index (χ1n) is 6.70. The summed E-state index contributed by atoms with van der Waals surface area (Å²) in [6, 6.07) is 13.1. The standard InChI is InChI=1S/C16H15BrFNOS/c1-19-16(10-5-4-6-11(17)15(10)18)13-9-21-14-8-3-2-7-12(14)20-13/h2-8,13,16,19H,9H2,1H3. The van der Waals surface area contributed by atoms with Crippen LogP contribution in [-0.2, 0) is 0 Å². The molecule has 1 heterocycles. The zero-order valence-corrected chi connectivity index (χ0v) is 13.9. The van der Waals surface area contributed by atoms with E-state index in [-0.39, 0.29) is 18.0 Å². The van der Waals surface area contributed by atoms with E-state index >= 15 is 0 Å². The Morgan fingerprint density at radius 1 is 1.29 bits per heavy atom. The highest BCUT2D eigenvalue weighted by atomic mass is 79.9. The summed E-state index contributed by atoms with van der Waals surface area (Å²) in [6.07, 6.45) is -0.112. The van der Waals surface area contributed by atoms with Crippen molar-refractivity contribution in [1.82, 2.24) is 5.32 Å². The van der Waals surface area contributed by atoms with Gasteiger partial charge in [-0.1, -0.05) is 24.3 Å². The van der Waals surface area contributed by atoms with Gasteiger partial charge in [0.1, 0.15) is 17.7 Å². The molecular weight excluding hydrogens is 353 g/mol. The Morgan fingerprint density at radius 2 is 2.10 bits per heavy atom. The molecule has 110 valence electrons. The molecule has 0 radical (unpaired) electrons. The van der Waals surface area contributed by atoms with E-state index in [0.29, 0.717) is 10.0 Å². The molecule has 2 nitrogen and oxygen atoms in total. The van der Waals surface area contributed by atoms with Gasteiger partial charge in [0.2, 0.25) is 0 Å². The Morgan fingerprint density at radius 3 is 2.90 bits per heavy atom. The van der Waals surface area contributed by atoms with Gasteiger partial charge in [-0.05, 0) is 41.2 Å². The molecule has 0 saturated heterocycles. The third-order valence-corrected chi connectivity index (χ3v) is 5.29. The topological polar surface area (TPSA) is 21.3 Å². The zero-order chi connectivity index (χ0) is 14.8. The molecule has 3 rings (SSSR count). The third kappa shape index (κ3) is 2.96. The van der Waals surface area contributed by atoms with Crippen LogP contribution in [0.2, 0.25) is 0 Å². The molecule has 0 fully saturated rings. The number of rotatable bonds is 3. The van der Waals surface area contributed by atoms with Gasteiger partial charge < -0.3 is 10.1 Å². The number of thioether (sulfide) groups is 1. The van der Waals surface area contributed by atoms with Crippen molar-refractivity contribution in [2.75, 3.05) is 12.8 Å². The SMILES string of the molecule is CNC(c1cccc(Br)c1F)C1CSc2ccccc2O1. The van der Waals surface area contributed by atoms with Crippen molar-refractivity contribution in [1.29, 1.82) is 0 Å². The van der Waals surface area contributed by atoms with E-state index in [1.54, 1.807) is 23.9 Å². The second kappa shape index (κ2) is 6.38. The van der Waals surface area contributed by atoms with Crippen molar-refractivity contribution in [3.63, 3.8) is 0 Å². The number of hydrogen-bond donors (Lipinski definition) is 1. The van der Waals surface area contributed by atoms with Gasteiger partial charge in [0, 0.05) is 16.2 Å². The van der Waals surface area contributed by atoms with Crippen molar-refractivity contribution in [3.8, 4) is 5.75 Å². The molecule has 21 heavy (non-hydrogen) atoms. The van der Waals surface area contributed by atoms with E-state index in [1.807, 2.05) is 37.4 Å². The normalized spacial score (nSPS) is 18.7. The number of nitrogens with one attached hydrogen (secondary N) is 1. The maximum atomic E-state index is 14.3. The second-order valence-corrected chi connectivity index (χ2v) is 6.74. The van der Waals surface area contributed by atoms with Crippen LogP contribution >= 0.6 is 27.7 Å². The lowest BCUT2D eigenvalue weighted by atomic mass is 10.0. The van der Waals surface area contributed by atoms with Crippen molar-refractivity contribution in [2.24, 2.45) is 0 Å². The average molecular weight is 368 g/mol. The monoisotopic (exact) mass is 367 g/mol. The molecule has 0 spiro atoms. The molecule has 0 aliphatic carbocycles. The summed E-state index contributed by atoms with van der Waals surface area (Å²) in [5.74, 6) is 1.42. The van der Waals surface area contributed by atoms with Crippen LogP contribution in [0.4, 0.5) is 4.39 Å². The van der Waals surface area contributed by atoms with E-state index < -0.39 is 0 Å². The van der Waals surface area contributed by atoms with Gasteiger partial charge in [-0.3, -0.25) is 0 Å². The van der Waals surface area contributed by atoms with Crippen molar-refractivity contribution in [3.05, 3.63) is 58.3 Å². The van der Waals surface area contributed by atoms with E-state index in [1.165, 1.54) is 0 Å². The molecule has 5 heteroatoms. The minimum absolute atomic E-state index is 0.112. The van der Waals surface area contributed by atoms with Crippen LogP contribution < -0.4 is 10.1 Å². The number of para-hydroxylation sites is 1. The van der Waals surface area contributed by atoms with E-state index in [2.05, 4.69) is 21.2 Å². The number of benzene rings is 2. The number of likely N-dealkylation sites (N-methyl/N-ethyl adjacent to an activating group) is 1. The van der Waals surface area contributed by atoms with Gasteiger partial charge in [-0.2, -0.15) is 0 Å². The minimum Gasteiger partial charge on any atom is -0.486 e. The number of hydrogen-bond acceptors (Lipinski definition) is 3. The number of halogens is 2. The van der Waals surface area contributed by atoms with Gasteiger partial charge in [0.05, 0.1) is 10.5 Å². The number of ether oxygens (including phenoxy) is 1. The minimum atomic E-state index is -0.232. The molecule has 0 aromatic heterocycles. The fourth-order valence-corrected chi connectivity index (χ4v) is 3.92. The van der Waals surface area contributed by atoms with Gasteiger partial charge >= 0.3 is 0 Å². The Labute approximate surface area is 136 Å². The maximum absolute atomic E-state index is 14.3. The first-order valence-corrected chi connectivity index (χ1v) is 8.48. The quantitative estimate of drug-likeness (QED) is 0.868. The van der Waals surface area contributed by atoms with Crippen LogP contribution in [0.5, 0.6) is 5.75 Å². The average Bonchev–Trinajstić information content (AvgIpc) is 2.52. The predicted octanol–water partition coefficient (Wildman–Crippen LogP) is 4.40. The smallest absolute Gasteiger partial charge is 0.142 e. The largest absolute Gasteiger partial charge is 0.486 e. The van der Waals surface area contributed by atoms with Gasteiger partial charge in [-0.25, -0.2) is 4.39 Å². The van der Waals surface area contributed by atoms with E-state index in [9.17, 15) is 4.39 Å². The Balaban J connectivity index is 1.90. The fraction of sp³-hybridized carbons (Fsp3) is 0.250. The summed E-state index contributed by atoms with van der Waals surface area (Å²) < 4.78 is 20.9. The number of fused-ring (bicyclic) bond motifs is 1. The predicted molar refractivity (Wildman–Crippen MR) is 87.5 cm³/mol. The Bertz CT molecular complexity index is 652. The molecule has 0 saturated carbocycles. The zero-order valence-electron chi connectivity index (χ0n) is 11.5. The molecule has 0 amide bonds. The Hall–Kier alpha value is -1.04. The first-order chi connectivity index (χ1) is 10.2. The van der Waals surface area contributed by atoms with Crippen molar-refractivity contribution < 1.29 is 9.13 Å². The van der Waals surface area contributed by atoms with Crippen molar-refractivity contribution >= 4 is 27.7 Å². The van der Waals surface area contributed by atoms with E-state index in [4.69, 9.17) is 4.74 Å². The van der Waals surface area contributed by atoms with Crippen LogP contribution in [0.3, 0.4) is 0 Å². The van der Waals surface area contributed by atoms with Crippen LogP contribution in [-0.4, -0.2) is 18.9 Å².